The van der Waals surface area contributed by atoms with Crippen molar-refractivity contribution in [2.24, 2.45) is 5.92 Å². The summed E-state index contributed by atoms with van der Waals surface area (Å²) in [6, 6.07) is 4.15. The number of carbonyl (C=O) groups excluding carboxylic acids is 2. The van der Waals surface area contributed by atoms with Gasteiger partial charge in [-0.3, -0.25) is 14.9 Å². The molecule has 0 radical (unpaired) electrons. The van der Waals surface area contributed by atoms with Crippen LogP contribution in [0.15, 0.2) is 18.2 Å². The second kappa shape index (κ2) is 9.03. The van der Waals surface area contributed by atoms with Crippen LogP contribution in [-0.2, 0) is 9.53 Å². The van der Waals surface area contributed by atoms with E-state index in [0.717, 1.165) is 38.2 Å². The highest BCUT2D eigenvalue weighted by Crippen LogP contribution is 2.35. The highest BCUT2D eigenvalue weighted by Gasteiger charge is 2.35. The lowest BCUT2D eigenvalue weighted by Crippen LogP contribution is -2.50. The third-order valence-electron chi connectivity index (χ3n) is 5.58. The van der Waals surface area contributed by atoms with Gasteiger partial charge in [0.25, 0.3) is 5.91 Å². The quantitative estimate of drug-likeness (QED) is 0.420. The number of carbonyl (C=O) groups is 2. The smallest absolute Gasteiger partial charge is 0.338 e. The van der Waals surface area contributed by atoms with Gasteiger partial charge in [-0.25, -0.2) is 4.79 Å². The molecular weight excluding hydrogens is 364 g/mol. The normalized spacial score (nSPS) is 21.5. The van der Waals surface area contributed by atoms with Crippen molar-refractivity contribution in [2.45, 2.75) is 51.5 Å². The van der Waals surface area contributed by atoms with Crippen molar-refractivity contribution in [2.75, 3.05) is 19.8 Å². The highest BCUT2D eigenvalue weighted by molar-refractivity contribution is 5.92. The lowest BCUT2D eigenvalue weighted by molar-refractivity contribution is -0.385. The highest BCUT2D eigenvalue weighted by atomic mass is 16.6. The number of nitro benzene ring substituents is 1. The Morgan fingerprint density at radius 3 is 2.71 bits per heavy atom. The Labute approximate surface area is 163 Å². The van der Waals surface area contributed by atoms with Crippen LogP contribution < -0.4 is 4.74 Å². The Kier molecular flexibility index (Phi) is 6.49. The van der Waals surface area contributed by atoms with E-state index in [1.165, 1.54) is 18.6 Å². The minimum absolute atomic E-state index is 0.0251. The van der Waals surface area contributed by atoms with Gasteiger partial charge in [-0.2, -0.15) is 0 Å². The average Bonchev–Trinajstić information content (AvgIpc) is 2.71. The number of hydrogen-bond acceptors (Lipinski definition) is 6. The average molecular weight is 390 g/mol. The van der Waals surface area contributed by atoms with Crippen molar-refractivity contribution >= 4 is 17.6 Å². The largest absolute Gasteiger partial charge is 0.487 e. The number of amides is 1. The Bertz CT molecular complexity index is 748. The molecule has 8 nitrogen and oxygen atoms in total. The van der Waals surface area contributed by atoms with Gasteiger partial charge in [-0.15, -0.1) is 0 Å². The number of rotatable bonds is 6. The molecule has 1 saturated carbocycles. The maximum absolute atomic E-state index is 12.6. The summed E-state index contributed by atoms with van der Waals surface area (Å²) in [5, 5.41) is 11.2. The molecule has 2 atom stereocenters. The SMILES string of the molecule is CCOc1ccc(C(=O)OCC(=O)N2CCC[C@H]3CCCC[C@H]32)cc1[N+](=O)[O-]. The van der Waals surface area contributed by atoms with Gasteiger partial charge in [0, 0.05) is 18.7 Å². The fourth-order valence-electron chi connectivity index (χ4n) is 4.29. The van der Waals surface area contributed by atoms with Gasteiger partial charge in [-0.1, -0.05) is 12.8 Å². The molecule has 0 aromatic heterocycles. The van der Waals surface area contributed by atoms with Crippen LogP contribution in [0.4, 0.5) is 5.69 Å². The van der Waals surface area contributed by atoms with Crippen molar-refractivity contribution < 1.29 is 24.0 Å². The second-order valence-corrected chi connectivity index (χ2v) is 7.29. The molecule has 1 aliphatic carbocycles. The zero-order valence-electron chi connectivity index (χ0n) is 16.1. The van der Waals surface area contributed by atoms with Gasteiger partial charge in [0.2, 0.25) is 0 Å². The minimum atomic E-state index is -0.753. The van der Waals surface area contributed by atoms with E-state index in [2.05, 4.69) is 0 Å². The third-order valence-corrected chi connectivity index (χ3v) is 5.58. The number of esters is 1. The Morgan fingerprint density at radius 1 is 1.21 bits per heavy atom. The van der Waals surface area contributed by atoms with E-state index in [4.69, 9.17) is 9.47 Å². The lowest BCUT2D eigenvalue weighted by atomic mass is 9.78. The molecule has 1 aromatic carbocycles. The molecule has 0 spiro atoms. The monoisotopic (exact) mass is 390 g/mol. The first-order valence-corrected chi connectivity index (χ1v) is 9.89. The first-order chi connectivity index (χ1) is 13.5. The summed E-state index contributed by atoms with van der Waals surface area (Å²) in [7, 11) is 0. The first-order valence-electron chi connectivity index (χ1n) is 9.89. The van der Waals surface area contributed by atoms with Crippen LogP contribution in [-0.4, -0.2) is 47.5 Å². The summed E-state index contributed by atoms with van der Waals surface area (Å²) >= 11 is 0. The predicted octanol–water partition coefficient (Wildman–Crippen LogP) is 3.33. The van der Waals surface area contributed by atoms with Crippen LogP contribution in [0.5, 0.6) is 5.75 Å². The Balaban J connectivity index is 1.62. The number of benzene rings is 1. The van der Waals surface area contributed by atoms with Gasteiger partial charge in [-0.05, 0) is 50.7 Å². The van der Waals surface area contributed by atoms with E-state index in [1.807, 2.05) is 4.90 Å². The van der Waals surface area contributed by atoms with Gasteiger partial charge in [0.15, 0.2) is 12.4 Å². The molecule has 1 aliphatic heterocycles. The molecule has 0 N–H and O–H groups in total. The summed E-state index contributed by atoms with van der Waals surface area (Å²) in [6.45, 7) is 2.35. The predicted molar refractivity (Wildman–Crippen MR) is 101 cm³/mol. The topological polar surface area (TPSA) is 99.0 Å². The van der Waals surface area contributed by atoms with E-state index in [1.54, 1.807) is 6.92 Å². The Morgan fingerprint density at radius 2 is 1.96 bits per heavy atom. The molecule has 0 unspecified atom stereocenters. The van der Waals surface area contributed by atoms with Gasteiger partial charge in [0.1, 0.15) is 0 Å². The Hall–Kier alpha value is -2.64. The molecule has 3 rings (SSSR count). The molecule has 1 amide bonds. The van der Waals surface area contributed by atoms with Crippen molar-refractivity contribution in [3.05, 3.63) is 33.9 Å². The second-order valence-electron chi connectivity index (χ2n) is 7.29. The maximum atomic E-state index is 12.6. The van der Waals surface area contributed by atoms with Crippen LogP contribution in [0.3, 0.4) is 0 Å². The molecule has 8 heteroatoms. The summed E-state index contributed by atoms with van der Waals surface area (Å²) in [5.41, 5.74) is -0.277. The number of fused-ring (bicyclic) bond motifs is 1. The minimum Gasteiger partial charge on any atom is -0.487 e. The van der Waals surface area contributed by atoms with Crippen molar-refractivity contribution in [3.63, 3.8) is 0 Å². The number of piperidine rings is 1. The number of nitrogens with zero attached hydrogens (tertiary/aromatic N) is 2. The summed E-state index contributed by atoms with van der Waals surface area (Å²) in [4.78, 5) is 37.4. The van der Waals surface area contributed by atoms with Crippen LogP contribution >= 0.6 is 0 Å². The van der Waals surface area contributed by atoms with Gasteiger partial charge >= 0.3 is 11.7 Å². The van der Waals surface area contributed by atoms with Crippen molar-refractivity contribution in [3.8, 4) is 5.75 Å². The summed E-state index contributed by atoms with van der Waals surface area (Å²) in [6.07, 6.45) is 6.64. The van der Waals surface area contributed by atoms with Crippen molar-refractivity contribution in [1.82, 2.24) is 4.90 Å². The fraction of sp³-hybridized carbons (Fsp3) is 0.600. The van der Waals surface area contributed by atoms with E-state index in [9.17, 15) is 19.7 Å². The van der Waals surface area contributed by atoms with E-state index in [0.29, 0.717) is 12.5 Å². The molecule has 1 heterocycles. The summed E-state index contributed by atoms with van der Waals surface area (Å²) < 4.78 is 10.4. The molecule has 1 aromatic rings. The number of hydrogen-bond donors (Lipinski definition) is 0. The summed E-state index contributed by atoms with van der Waals surface area (Å²) in [5.74, 6) is -0.296. The van der Waals surface area contributed by atoms with Crippen LogP contribution in [0, 0.1) is 16.0 Å². The lowest BCUT2D eigenvalue weighted by Gasteiger charge is -2.44. The fourth-order valence-corrected chi connectivity index (χ4v) is 4.29. The van der Waals surface area contributed by atoms with E-state index >= 15 is 0 Å². The first kappa shape index (κ1) is 20.1. The van der Waals surface area contributed by atoms with Crippen LogP contribution in [0.2, 0.25) is 0 Å². The maximum Gasteiger partial charge on any atom is 0.338 e. The number of nitro groups is 1. The van der Waals surface area contributed by atoms with Crippen LogP contribution in [0.25, 0.3) is 0 Å². The standard InChI is InChI=1S/C20H26N2O6/c1-2-27-18-10-9-15(12-17(18)22(25)26)20(24)28-13-19(23)21-11-5-7-14-6-3-4-8-16(14)21/h9-10,12,14,16H,2-8,11,13H2,1H3/t14-,16-/m1/s1. The molecule has 152 valence electrons. The van der Waals surface area contributed by atoms with Gasteiger partial charge in [0.05, 0.1) is 17.1 Å². The van der Waals surface area contributed by atoms with E-state index < -0.39 is 10.9 Å². The molecule has 2 fully saturated rings. The third kappa shape index (κ3) is 4.43. The number of ether oxygens (including phenoxy) is 2. The zero-order valence-corrected chi connectivity index (χ0v) is 16.1. The zero-order chi connectivity index (χ0) is 20.1. The molecule has 2 aliphatic rings. The van der Waals surface area contributed by atoms with Gasteiger partial charge < -0.3 is 14.4 Å². The molecule has 0 bridgehead atoms. The molecule has 1 saturated heterocycles. The van der Waals surface area contributed by atoms with Crippen LogP contribution in [0.1, 0.15) is 55.8 Å². The number of likely N-dealkylation sites (tertiary alicyclic amines) is 1. The van der Waals surface area contributed by atoms with E-state index in [-0.39, 0.29) is 42.2 Å². The molecular formula is C20H26N2O6. The molecule has 28 heavy (non-hydrogen) atoms. The van der Waals surface area contributed by atoms with Crippen molar-refractivity contribution in [1.29, 1.82) is 0 Å².